The van der Waals surface area contributed by atoms with E-state index in [1.54, 1.807) is 30.3 Å². The minimum absolute atomic E-state index is 0.0728. The van der Waals surface area contributed by atoms with E-state index >= 15 is 0 Å². The van der Waals surface area contributed by atoms with Crippen LogP contribution in [-0.4, -0.2) is 25.6 Å². The Balaban J connectivity index is 0.00000176. The molecule has 2 aromatic heterocycles. The van der Waals surface area contributed by atoms with E-state index in [-0.39, 0.29) is 29.1 Å². The zero-order valence-corrected chi connectivity index (χ0v) is 21.3. The van der Waals surface area contributed by atoms with Crippen LogP contribution >= 0.6 is 23.2 Å². The number of fused-ring (bicyclic) bond motifs is 1. The molecule has 0 aliphatic carbocycles. The fourth-order valence-electron chi connectivity index (χ4n) is 3.82. The van der Waals surface area contributed by atoms with Gasteiger partial charge in [-0.2, -0.15) is 0 Å². The van der Waals surface area contributed by atoms with Gasteiger partial charge in [0, 0.05) is 11.7 Å². The van der Waals surface area contributed by atoms with Crippen LogP contribution in [0.1, 0.15) is 70.8 Å². The first kappa shape index (κ1) is 25.9. The van der Waals surface area contributed by atoms with Crippen molar-refractivity contribution in [2.75, 3.05) is 0 Å². The summed E-state index contributed by atoms with van der Waals surface area (Å²) in [6, 6.07) is 8.52. The molecule has 0 saturated carbocycles. The highest BCUT2D eigenvalue weighted by atomic mass is 35.5. The van der Waals surface area contributed by atoms with Gasteiger partial charge in [0.1, 0.15) is 0 Å². The maximum absolute atomic E-state index is 12.8. The molecule has 0 bridgehead atoms. The molecule has 3 aromatic rings. The molecule has 8 heteroatoms. The van der Waals surface area contributed by atoms with Gasteiger partial charge in [0.05, 0.1) is 22.2 Å². The number of pyridine rings is 1. The summed E-state index contributed by atoms with van der Waals surface area (Å²) in [4.78, 5) is 25.6. The van der Waals surface area contributed by atoms with Crippen molar-refractivity contribution in [1.82, 2.24) is 19.5 Å². The lowest BCUT2D eigenvalue weighted by Gasteiger charge is -2.33. The van der Waals surface area contributed by atoms with Gasteiger partial charge < -0.3 is 5.32 Å². The molecule has 0 fully saturated rings. The van der Waals surface area contributed by atoms with Gasteiger partial charge in [-0.25, -0.2) is 13.9 Å². The summed E-state index contributed by atoms with van der Waals surface area (Å²) >= 11 is 12.0. The number of rotatable bonds is 5. The fourth-order valence-corrected chi connectivity index (χ4v) is 4.14. The van der Waals surface area contributed by atoms with E-state index in [1.807, 2.05) is 27.7 Å². The lowest BCUT2D eigenvalue weighted by atomic mass is 9.81. The second-order valence-corrected chi connectivity index (χ2v) is 10.2. The molecular weight excluding hydrogens is 447 g/mol. The van der Waals surface area contributed by atoms with Crippen LogP contribution in [0.4, 0.5) is 0 Å². The molecule has 0 radical (unpaired) electrons. The van der Waals surface area contributed by atoms with Gasteiger partial charge in [0.15, 0.2) is 5.65 Å². The maximum Gasteiger partial charge on any atom is 0.350 e. The zero-order valence-electron chi connectivity index (χ0n) is 19.8. The van der Waals surface area contributed by atoms with Crippen LogP contribution in [0.25, 0.3) is 5.65 Å². The number of hydrogen-bond donors (Lipinski definition) is 1. The predicted molar refractivity (Wildman–Crippen MR) is 132 cm³/mol. The molecule has 1 amide bonds. The Labute approximate surface area is 199 Å². The lowest BCUT2D eigenvalue weighted by molar-refractivity contribution is 0.0891. The molecule has 2 heterocycles. The number of aromatic nitrogens is 3. The van der Waals surface area contributed by atoms with E-state index in [9.17, 15) is 9.59 Å². The second kappa shape index (κ2) is 10.1. The first-order chi connectivity index (χ1) is 14.8. The quantitative estimate of drug-likeness (QED) is 0.501. The number of nitrogens with one attached hydrogen (secondary N) is 1. The highest BCUT2D eigenvalue weighted by molar-refractivity contribution is 6.42. The van der Waals surface area contributed by atoms with E-state index in [0.717, 1.165) is 12.0 Å². The Hall–Kier alpha value is -2.31. The molecule has 1 aromatic carbocycles. The Morgan fingerprint density at radius 1 is 1.03 bits per heavy atom. The van der Waals surface area contributed by atoms with Gasteiger partial charge in [0.2, 0.25) is 0 Å². The van der Waals surface area contributed by atoms with Crippen molar-refractivity contribution in [2.45, 2.75) is 67.0 Å². The fraction of sp³-hybridized carbons (Fsp3) is 0.458. The summed E-state index contributed by atoms with van der Waals surface area (Å²) in [5.41, 5.74) is 1.03. The summed E-state index contributed by atoms with van der Waals surface area (Å²) in [5.74, 6) is -0.227. The lowest BCUT2D eigenvalue weighted by Crippen LogP contribution is -2.45. The van der Waals surface area contributed by atoms with E-state index in [4.69, 9.17) is 23.2 Å². The molecule has 3 rings (SSSR count). The molecule has 0 atom stereocenters. The van der Waals surface area contributed by atoms with Gasteiger partial charge in [-0.3, -0.25) is 4.79 Å². The highest BCUT2D eigenvalue weighted by Crippen LogP contribution is 2.27. The standard InChI is InChI=1S/C22H26Cl2N4O2.C2H6/c1-21(2,3)13-22(4,5)25-19(29)15-7-9-18-26-28(20(30)27(18)12-15)11-14-6-8-16(23)17(24)10-14;1-2/h6-10,12H,11,13H2,1-5H3,(H,25,29);1-2H3. The summed E-state index contributed by atoms with van der Waals surface area (Å²) < 4.78 is 2.71. The Kier molecular flexibility index (Phi) is 8.18. The maximum atomic E-state index is 12.8. The van der Waals surface area contributed by atoms with Gasteiger partial charge in [0.25, 0.3) is 5.91 Å². The largest absolute Gasteiger partial charge is 0.350 e. The zero-order chi connectivity index (χ0) is 24.3. The van der Waals surface area contributed by atoms with E-state index in [0.29, 0.717) is 21.3 Å². The predicted octanol–water partition coefficient (Wildman–Crippen LogP) is 5.82. The summed E-state index contributed by atoms with van der Waals surface area (Å²) in [6.45, 7) is 14.6. The van der Waals surface area contributed by atoms with Crippen molar-refractivity contribution in [2.24, 2.45) is 5.41 Å². The number of hydrogen-bond acceptors (Lipinski definition) is 3. The molecule has 1 N–H and O–H groups in total. The van der Waals surface area contributed by atoms with Gasteiger partial charge >= 0.3 is 5.69 Å². The van der Waals surface area contributed by atoms with Crippen molar-refractivity contribution in [3.05, 3.63) is 68.2 Å². The third-order valence-corrected chi connectivity index (χ3v) is 5.32. The van der Waals surface area contributed by atoms with E-state index in [2.05, 4.69) is 31.2 Å². The van der Waals surface area contributed by atoms with Gasteiger partial charge in [-0.15, -0.1) is 5.10 Å². The van der Waals surface area contributed by atoms with Crippen molar-refractivity contribution >= 4 is 34.8 Å². The third kappa shape index (κ3) is 6.59. The molecule has 0 spiro atoms. The summed E-state index contributed by atoms with van der Waals surface area (Å²) in [7, 11) is 0. The molecule has 6 nitrogen and oxygen atoms in total. The SMILES string of the molecule is CC.CC(C)(C)CC(C)(C)NC(=O)c1ccc2nn(Cc3ccc(Cl)c(Cl)c3)c(=O)n2c1. The minimum atomic E-state index is -0.382. The van der Waals surface area contributed by atoms with E-state index < -0.39 is 0 Å². The topological polar surface area (TPSA) is 68.4 Å². The van der Waals surface area contributed by atoms with Crippen LogP contribution in [0.3, 0.4) is 0 Å². The number of carbonyl (C=O) groups is 1. The molecule has 0 aliphatic heterocycles. The van der Waals surface area contributed by atoms with Crippen LogP contribution < -0.4 is 11.0 Å². The average molecular weight is 479 g/mol. The number of nitrogens with zero attached hydrogens (tertiary/aromatic N) is 3. The van der Waals surface area contributed by atoms with Crippen LogP contribution in [0.5, 0.6) is 0 Å². The average Bonchev–Trinajstić information content (AvgIpc) is 2.99. The number of halogens is 2. The van der Waals surface area contributed by atoms with Crippen molar-refractivity contribution in [3.63, 3.8) is 0 Å². The molecule has 0 unspecified atom stereocenters. The number of benzene rings is 1. The van der Waals surface area contributed by atoms with Gasteiger partial charge in [-0.05, 0) is 55.5 Å². The van der Waals surface area contributed by atoms with Crippen molar-refractivity contribution in [3.8, 4) is 0 Å². The Morgan fingerprint density at radius 2 is 1.69 bits per heavy atom. The van der Waals surface area contributed by atoms with Crippen molar-refractivity contribution in [1.29, 1.82) is 0 Å². The van der Waals surface area contributed by atoms with Crippen LogP contribution in [-0.2, 0) is 6.54 Å². The second-order valence-electron chi connectivity index (χ2n) is 9.41. The van der Waals surface area contributed by atoms with E-state index in [1.165, 1.54) is 15.3 Å². The number of amides is 1. The Morgan fingerprint density at radius 3 is 2.28 bits per heavy atom. The minimum Gasteiger partial charge on any atom is -0.347 e. The van der Waals surface area contributed by atoms with Crippen LogP contribution in [0.15, 0.2) is 41.3 Å². The first-order valence-electron chi connectivity index (χ1n) is 10.7. The van der Waals surface area contributed by atoms with Gasteiger partial charge in [-0.1, -0.05) is 63.9 Å². The monoisotopic (exact) mass is 478 g/mol. The summed E-state index contributed by atoms with van der Waals surface area (Å²) in [5, 5.41) is 8.28. The molecule has 0 aliphatic rings. The molecule has 174 valence electrons. The smallest absolute Gasteiger partial charge is 0.347 e. The van der Waals surface area contributed by atoms with Crippen molar-refractivity contribution < 1.29 is 4.79 Å². The van der Waals surface area contributed by atoms with Crippen LogP contribution in [0, 0.1) is 5.41 Å². The third-order valence-electron chi connectivity index (χ3n) is 4.58. The molecule has 32 heavy (non-hydrogen) atoms. The normalized spacial score (nSPS) is 11.8. The highest BCUT2D eigenvalue weighted by Gasteiger charge is 2.27. The molecule has 0 saturated heterocycles. The summed E-state index contributed by atoms with van der Waals surface area (Å²) in [6.07, 6.45) is 2.34. The number of carbonyl (C=O) groups excluding carboxylic acids is 1. The Bertz CT molecular complexity index is 1160. The molecular formula is C24H32Cl2N4O2. The van der Waals surface area contributed by atoms with Crippen LogP contribution in [0.2, 0.25) is 10.0 Å². The first-order valence-corrected chi connectivity index (χ1v) is 11.5.